The van der Waals surface area contributed by atoms with Gasteiger partial charge in [-0.15, -0.1) is 12.4 Å². The first-order valence-electron chi connectivity index (χ1n) is 4.95. The third kappa shape index (κ3) is 1.98. The van der Waals surface area contributed by atoms with E-state index in [1.165, 1.54) is 6.33 Å². The molecule has 2 N–H and O–H groups in total. The second kappa shape index (κ2) is 4.80. The van der Waals surface area contributed by atoms with Crippen LogP contribution in [-0.4, -0.2) is 19.5 Å². The van der Waals surface area contributed by atoms with Crippen LogP contribution in [0.3, 0.4) is 0 Å². The Hall–Kier alpha value is -1.85. The van der Waals surface area contributed by atoms with Crippen LogP contribution in [0.4, 0.5) is 5.82 Å². The Morgan fingerprint density at radius 1 is 1.17 bits per heavy atom. The molecule has 0 aliphatic heterocycles. The van der Waals surface area contributed by atoms with Crippen LogP contribution in [0.2, 0.25) is 5.02 Å². The minimum Gasteiger partial charge on any atom is -0.382 e. The van der Waals surface area contributed by atoms with E-state index in [-0.39, 0.29) is 12.4 Å². The SMILES string of the molecule is Cl.Nc1ncnc2c1ncn2-c1cccc(Cl)c1. The highest BCUT2D eigenvalue weighted by Crippen LogP contribution is 2.20. The Morgan fingerprint density at radius 2 is 2.00 bits per heavy atom. The molecule has 0 aliphatic rings. The molecule has 1 aromatic carbocycles. The zero-order valence-electron chi connectivity index (χ0n) is 9.12. The minimum atomic E-state index is 0. The Labute approximate surface area is 114 Å². The fourth-order valence-corrected chi connectivity index (χ4v) is 1.85. The third-order valence-corrected chi connectivity index (χ3v) is 2.68. The van der Waals surface area contributed by atoms with Gasteiger partial charge in [0.25, 0.3) is 0 Å². The van der Waals surface area contributed by atoms with Crippen molar-refractivity contribution in [2.75, 3.05) is 5.73 Å². The van der Waals surface area contributed by atoms with Crippen molar-refractivity contribution in [3.05, 3.63) is 41.9 Å². The summed E-state index contributed by atoms with van der Waals surface area (Å²) in [6.07, 6.45) is 3.07. The minimum absolute atomic E-state index is 0. The molecule has 0 saturated heterocycles. The number of fused-ring (bicyclic) bond motifs is 1. The van der Waals surface area contributed by atoms with E-state index in [9.17, 15) is 0 Å². The van der Waals surface area contributed by atoms with E-state index in [1.807, 2.05) is 28.8 Å². The summed E-state index contributed by atoms with van der Waals surface area (Å²) in [6, 6.07) is 7.44. The summed E-state index contributed by atoms with van der Waals surface area (Å²) in [7, 11) is 0. The van der Waals surface area contributed by atoms with Crippen LogP contribution in [-0.2, 0) is 0 Å². The van der Waals surface area contributed by atoms with Gasteiger partial charge < -0.3 is 5.73 Å². The molecule has 92 valence electrons. The van der Waals surface area contributed by atoms with E-state index in [4.69, 9.17) is 17.3 Å². The number of aromatic nitrogens is 4. The fourth-order valence-electron chi connectivity index (χ4n) is 1.67. The summed E-state index contributed by atoms with van der Waals surface area (Å²) in [4.78, 5) is 12.3. The molecule has 0 saturated carbocycles. The van der Waals surface area contributed by atoms with Crippen molar-refractivity contribution in [3.8, 4) is 5.69 Å². The molecule has 0 radical (unpaired) electrons. The second-order valence-corrected chi connectivity index (χ2v) is 3.96. The predicted molar refractivity (Wildman–Crippen MR) is 73.3 cm³/mol. The number of halogens is 2. The van der Waals surface area contributed by atoms with Crippen molar-refractivity contribution in [3.63, 3.8) is 0 Å². The monoisotopic (exact) mass is 281 g/mol. The maximum absolute atomic E-state index is 5.95. The van der Waals surface area contributed by atoms with E-state index >= 15 is 0 Å². The van der Waals surface area contributed by atoms with Crippen LogP contribution in [0.25, 0.3) is 16.9 Å². The molecule has 7 heteroatoms. The quantitative estimate of drug-likeness (QED) is 0.744. The predicted octanol–water partition coefficient (Wildman–Crippen LogP) is 2.47. The molecule has 0 amide bonds. The van der Waals surface area contributed by atoms with Gasteiger partial charge in [0.2, 0.25) is 0 Å². The number of imidazole rings is 1. The maximum atomic E-state index is 5.95. The number of nitrogens with zero attached hydrogens (tertiary/aromatic N) is 4. The van der Waals surface area contributed by atoms with Crippen LogP contribution in [0.1, 0.15) is 0 Å². The normalized spacial score (nSPS) is 10.3. The van der Waals surface area contributed by atoms with Gasteiger partial charge >= 0.3 is 0 Å². The zero-order chi connectivity index (χ0) is 11.8. The lowest BCUT2D eigenvalue weighted by molar-refractivity contribution is 1.06. The van der Waals surface area contributed by atoms with Gasteiger partial charge in [-0.3, -0.25) is 4.57 Å². The average Bonchev–Trinajstić information content (AvgIpc) is 2.74. The third-order valence-electron chi connectivity index (χ3n) is 2.45. The number of nitrogens with two attached hydrogens (primary N) is 1. The first kappa shape index (κ1) is 12.6. The molecule has 0 unspecified atom stereocenters. The van der Waals surface area contributed by atoms with Crippen molar-refractivity contribution >= 4 is 41.0 Å². The Kier molecular flexibility index (Phi) is 3.36. The lowest BCUT2D eigenvalue weighted by atomic mass is 10.3. The number of nitrogen functional groups attached to an aromatic ring is 1. The van der Waals surface area contributed by atoms with Gasteiger partial charge in [-0.1, -0.05) is 17.7 Å². The number of rotatable bonds is 1. The smallest absolute Gasteiger partial charge is 0.170 e. The van der Waals surface area contributed by atoms with Gasteiger partial charge in [-0.25, -0.2) is 15.0 Å². The molecular formula is C11H9Cl2N5. The van der Waals surface area contributed by atoms with Crippen LogP contribution in [0.5, 0.6) is 0 Å². The first-order chi connectivity index (χ1) is 8.25. The number of hydrogen-bond acceptors (Lipinski definition) is 4. The largest absolute Gasteiger partial charge is 0.382 e. The van der Waals surface area contributed by atoms with Crippen LogP contribution < -0.4 is 5.73 Å². The van der Waals surface area contributed by atoms with Crippen LogP contribution in [0, 0.1) is 0 Å². The summed E-state index contributed by atoms with van der Waals surface area (Å²) in [5, 5.41) is 0.659. The maximum Gasteiger partial charge on any atom is 0.170 e. The van der Waals surface area contributed by atoms with Crippen molar-refractivity contribution < 1.29 is 0 Å². The molecule has 2 heterocycles. The van der Waals surface area contributed by atoms with Crippen molar-refractivity contribution in [2.45, 2.75) is 0 Å². The van der Waals surface area contributed by atoms with E-state index in [1.54, 1.807) is 6.33 Å². The molecule has 0 spiro atoms. The van der Waals surface area contributed by atoms with Gasteiger partial charge in [0.05, 0.1) is 5.69 Å². The Morgan fingerprint density at radius 3 is 2.78 bits per heavy atom. The lowest BCUT2D eigenvalue weighted by Gasteiger charge is -2.03. The lowest BCUT2D eigenvalue weighted by Crippen LogP contribution is -1.96. The molecule has 5 nitrogen and oxygen atoms in total. The molecule has 0 bridgehead atoms. The Balaban J connectivity index is 0.00000120. The molecule has 18 heavy (non-hydrogen) atoms. The van der Waals surface area contributed by atoms with Gasteiger partial charge in [-0.2, -0.15) is 0 Å². The summed E-state index contributed by atoms with van der Waals surface area (Å²) >= 11 is 5.95. The van der Waals surface area contributed by atoms with E-state index in [0.29, 0.717) is 22.0 Å². The van der Waals surface area contributed by atoms with Crippen molar-refractivity contribution in [2.24, 2.45) is 0 Å². The highest BCUT2D eigenvalue weighted by atomic mass is 35.5. The van der Waals surface area contributed by atoms with E-state index < -0.39 is 0 Å². The first-order valence-corrected chi connectivity index (χ1v) is 5.33. The summed E-state index contributed by atoms with van der Waals surface area (Å²) < 4.78 is 1.82. The number of hydrogen-bond donors (Lipinski definition) is 1. The van der Waals surface area contributed by atoms with Gasteiger partial charge in [-0.05, 0) is 18.2 Å². The van der Waals surface area contributed by atoms with Gasteiger partial charge in [0.1, 0.15) is 12.7 Å². The van der Waals surface area contributed by atoms with Crippen molar-refractivity contribution in [1.29, 1.82) is 0 Å². The van der Waals surface area contributed by atoms with Gasteiger partial charge in [0.15, 0.2) is 17.0 Å². The summed E-state index contributed by atoms with van der Waals surface area (Å²) in [6.45, 7) is 0. The molecule has 2 aromatic heterocycles. The van der Waals surface area contributed by atoms with E-state index in [0.717, 1.165) is 5.69 Å². The van der Waals surface area contributed by atoms with Crippen LogP contribution >= 0.6 is 24.0 Å². The molecule has 0 aliphatic carbocycles. The molecule has 0 atom stereocenters. The highest BCUT2D eigenvalue weighted by Gasteiger charge is 2.08. The van der Waals surface area contributed by atoms with Gasteiger partial charge in [0, 0.05) is 5.02 Å². The zero-order valence-corrected chi connectivity index (χ0v) is 10.7. The average molecular weight is 282 g/mol. The molecular weight excluding hydrogens is 273 g/mol. The fraction of sp³-hybridized carbons (Fsp3) is 0. The van der Waals surface area contributed by atoms with E-state index in [2.05, 4.69) is 15.0 Å². The standard InChI is InChI=1S/C11H8ClN5.ClH/c12-7-2-1-3-8(4-7)17-6-16-9-10(13)14-5-15-11(9)17;/h1-6H,(H2,13,14,15);1H. The summed E-state index contributed by atoms with van der Waals surface area (Å²) in [5.74, 6) is 0.371. The molecule has 3 rings (SSSR count). The number of benzene rings is 1. The molecule has 3 aromatic rings. The topological polar surface area (TPSA) is 69.6 Å². The molecule has 0 fully saturated rings. The Bertz CT molecular complexity index is 695. The summed E-state index contributed by atoms with van der Waals surface area (Å²) in [5.41, 5.74) is 7.87. The number of anilines is 1. The highest BCUT2D eigenvalue weighted by molar-refractivity contribution is 6.30. The second-order valence-electron chi connectivity index (χ2n) is 3.53. The van der Waals surface area contributed by atoms with Crippen molar-refractivity contribution in [1.82, 2.24) is 19.5 Å². The van der Waals surface area contributed by atoms with Crippen LogP contribution in [0.15, 0.2) is 36.9 Å².